The van der Waals surface area contributed by atoms with Crippen molar-refractivity contribution in [1.82, 2.24) is 4.98 Å². The zero-order chi connectivity index (χ0) is 12.3. The van der Waals surface area contributed by atoms with Gasteiger partial charge in [-0.2, -0.15) is 0 Å². The third-order valence-corrected chi connectivity index (χ3v) is 3.56. The fraction of sp³-hybridized carbons (Fsp3) is 0.500. The zero-order valence-electron chi connectivity index (χ0n) is 10.1. The van der Waals surface area contributed by atoms with Gasteiger partial charge in [0.1, 0.15) is 11.6 Å². The highest BCUT2D eigenvalue weighted by Crippen LogP contribution is 2.34. The number of hydrogen-bond donors (Lipinski definition) is 0. The second kappa shape index (κ2) is 5.21. The molecule has 1 aliphatic carbocycles. The van der Waals surface area contributed by atoms with Crippen molar-refractivity contribution in [3.8, 4) is 0 Å². The molecule has 1 saturated carbocycles. The fourth-order valence-electron chi connectivity index (χ4n) is 2.52. The van der Waals surface area contributed by atoms with E-state index >= 15 is 0 Å². The molecule has 0 bridgehead atoms. The van der Waals surface area contributed by atoms with Crippen molar-refractivity contribution in [2.75, 3.05) is 0 Å². The van der Waals surface area contributed by atoms with Crippen molar-refractivity contribution in [2.24, 2.45) is 5.92 Å². The Hall–Kier alpha value is -1.51. The van der Waals surface area contributed by atoms with Gasteiger partial charge in [-0.15, -0.1) is 0 Å². The average molecular weight is 231 g/mol. The van der Waals surface area contributed by atoms with E-state index in [0.29, 0.717) is 25.2 Å². The van der Waals surface area contributed by atoms with Gasteiger partial charge in [-0.3, -0.25) is 14.6 Å². The molecular weight excluding hydrogens is 214 g/mol. The molecule has 0 N–H and O–H groups in total. The van der Waals surface area contributed by atoms with Gasteiger partial charge in [0.25, 0.3) is 0 Å². The summed E-state index contributed by atoms with van der Waals surface area (Å²) in [6, 6.07) is 3.96. The van der Waals surface area contributed by atoms with Gasteiger partial charge in [0.2, 0.25) is 0 Å². The highest BCUT2D eigenvalue weighted by molar-refractivity contribution is 6.02. The van der Waals surface area contributed by atoms with Crippen molar-refractivity contribution in [1.29, 1.82) is 0 Å². The molecule has 1 aromatic rings. The van der Waals surface area contributed by atoms with Gasteiger partial charge in [-0.25, -0.2) is 0 Å². The maximum Gasteiger partial charge on any atom is 0.143 e. The molecule has 2 atom stereocenters. The van der Waals surface area contributed by atoms with E-state index in [2.05, 4.69) is 4.98 Å². The van der Waals surface area contributed by atoms with Gasteiger partial charge in [0.15, 0.2) is 0 Å². The minimum absolute atomic E-state index is 0.0914. The number of hydrogen-bond acceptors (Lipinski definition) is 3. The minimum atomic E-state index is -0.369. The van der Waals surface area contributed by atoms with Crippen LogP contribution in [0.4, 0.5) is 0 Å². The Morgan fingerprint density at radius 2 is 2.12 bits per heavy atom. The van der Waals surface area contributed by atoms with Gasteiger partial charge >= 0.3 is 0 Å². The summed E-state index contributed by atoms with van der Waals surface area (Å²) >= 11 is 0. The molecular formula is C14H17NO2. The number of Topliss-reactive ketones (excluding diaryl/α,β-unsaturated/α-hetero) is 2. The normalized spacial score (nSPS) is 24.6. The largest absolute Gasteiger partial charge is 0.299 e. The average Bonchev–Trinajstić information content (AvgIpc) is 2.39. The molecule has 0 saturated heterocycles. The third-order valence-electron chi connectivity index (χ3n) is 3.56. The maximum absolute atomic E-state index is 11.7. The summed E-state index contributed by atoms with van der Waals surface area (Å²) in [4.78, 5) is 27.5. The van der Waals surface area contributed by atoms with Crippen LogP contribution in [0.2, 0.25) is 0 Å². The van der Waals surface area contributed by atoms with Gasteiger partial charge in [0, 0.05) is 25.2 Å². The van der Waals surface area contributed by atoms with Crippen LogP contribution in [0.5, 0.6) is 0 Å². The van der Waals surface area contributed by atoms with Gasteiger partial charge in [-0.05, 0) is 36.5 Å². The standard InChI is InChI=1S/C14H17NO2/c1-2-13(16)12-9-11(3-4-14(12)17)10-5-7-15-8-6-10/h5-8,11-12H,2-4,9H2,1H3/t11-,12-/m1/s1. The molecule has 1 aromatic heterocycles. The number of carbonyl (C=O) groups is 2. The number of carbonyl (C=O) groups excluding carboxylic acids is 2. The monoisotopic (exact) mass is 231 g/mol. The number of rotatable bonds is 3. The van der Waals surface area contributed by atoms with Crippen LogP contribution in [0.1, 0.15) is 44.1 Å². The lowest BCUT2D eigenvalue weighted by molar-refractivity contribution is -0.134. The van der Waals surface area contributed by atoms with E-state index in [-0.39, 0.29) is 17.5 Å². The van der Waals surface area contributed by atoms with Crippen LogP contribution in [0.15, 0.2) is 24.5 Å². The number of nitrogens with zero attached hydrogens (tertiary/aromatic N) is 1. The molecule has 17 heavy (non-hydrogen) atoms. The van der Waals surface area contributed by atoms with Crippen LogP contribution in [0.3, 0.4) is 0 Å². The Balaban J connectivity index is 2.13. The Bertz CT molecular complexity index is 405. The van der Waals surface area contributed by atoms with Crippen LogP contribution < -0.4 is 0 Å². The highest BCUT2D eigenvalue weighted by atomic mass is 16.1. The van der Waals surface area contributed by atoms with Crippen LogP contribution in [-0.4, -0.2) is 16.6 Å². The van der Waals surface area contributed by atoms with Crippen molar-refractivity contribution in [2.45, 2.75) is 38.5 Å². The number of aromatic nitrogens is 1. The summed E-state index contributed by atoms with van der Waals surface area (Å²) < 4.78 is 0. The van der Waals surface area contributed by atoms with Crippen LogP contribution >= 0.6 is 0 Å². The first-order chi connectivity index (χ1) is 8.22. The molecule has 90 valence electrons. The lowest BCUT2D eigenvalue weighted by atomic mass is 9.75. The highest BCUT2D eigenvalue weighted by Gasteiger charge is 2.33. The van der Waals surface area contributed by atoms with E-state index in [1.165, 1.54) is 5.56 Å². The Labute approximate surface area is 101 Å². The lowest BCUT2D eigenvalue weighted by Gasteiger charge is -2.27. The van der Waals surface area contributed by atoms with Crippen molar-refractivity contribution >= 4 is 11.6 Å². The van der Waals surface area contributed by atoms with E-state index in [1.807, 2.05) is 19.1 Å². The summed E-state index contributed by atoms with van der Waals surface area (Å²) in [7, 11) is 0. The zero-order valence-corrected chi connectivity index (χ0v) is 10.1. The van der Waals surface area contributed by atoms with Crippen molar-refractivity contribution < 1.29 is 9.59 Å². The molecule has 0 amide bonds. The molecule has 3 nitrogen and oxygen atoms in total. The topological polar surface area (TPSA) is 47.0 Å². The second-order valence-electron chi connectivity index (χ2n) is 4.59. The molecule has 2 rings (SSSR count). The van der Waals surface area contributed by atoms with Gasteiger partial charge in [-0.1, -0.05) is 6.92 Å². The first-order valence-electron chi connectivity index (χ1n) is 6.17. The summed E-state index contributed by atoms with van der Waals surface area (Å²) in [5, 5.41) is 0. The fourth-order valence-corrected chi connectivity index (χ4v) is 2.52. The van der Waals surface area contributed by atoms with Crippen molar-refractivity contribution in [3.05, 3.63) is 30.1 Å². The Morgan fingerprint density at radius 1 is 1.41 bits per heavy atom. The molecule has 3 heteroatoms. The lowest BCUT2D eigenvalue weighted by Crippen LogP contribution is -2.30. The summed E-state index contributed by atoms with van der Waals surface area (Å²) in [5.74, 6) is 0.180. The molecule has 0 unspecified atom stereocenters. The van der Waals surface area contributed by atoms with E-state index in [4.69, 9.17) is 0 Å². The maximum atomic E-state index is 11.7. The van der Waals surface area contributed by atoms with Gasteiger partial charge < -0.3 is 0 Å². The summed E-state index contributed by atoms with van der Waals surface area (Å²) in [6.07, 6.45) is 6.06. The number of ketones is 2. The molecule has 1 fully saturated rings. The van der Waals surface area contributed by atoms with E-state index in [9.17, 15) is 9.59 Å². The van der Waals surface area contributed by atoms with E-state index in [1.54, 1.807) is 12.4 Å². The van der Waals surface area contributed by atoms with E-state index < -0.39 is 0 Å². The van der Waals surface area contributed by atoms with Crippen molar-refractivity contribution in [3.63, 3.8) is 0 Å². The molecule has 1 aliphatic rings. The smallest absolute Gasteiger partial charge is 0.143 e. The summed E-state index contributed by atoms with van der Waals surface area (Å²) in [5.41, 5.74) is 1.20. The molecule has 0 radical (unpaired) electrons. The quantitative estimate of drug-likeness (QED) is 0.751. The second-order valence-corrected chi connectivity index (χ2v) is 4.59. The van der Waals surface area contributed by atoms with Crippen LogP contribution in [0.25, 0.3) is 0 Å². The van der Waals surface area contributed by atoms with Crippen LogP contribution in [0, 0.1) is 5.92 Å². The van der Waals surface area contributed by atoms with E-state index in [0.717, 1.165) is 6.42 Å². The minimum Gasteiger partial charge on any atom is -0.299 e. The van der Waals surface area contributed by atoms with Crippen LogP contribution in [-0.2, 0) is 9.59 Å². The SMILES string of the molecule is CCC(=O)[C@H]1C[C@H](c2ccncc2)CCC1=O. The first-order valence-corrected chi connectivity index (χ1v) is 6.17. The Morgan fingerprint density at radius 3 is 2.76 bits per heavy atom. The molecule has 0 aromatic carbocycles. The predicted octanol–water partition coefficient (Wildman–Crippen LogP) is 2.51. The first kappa shape index (κ1) is 12.0. The Kier molecular flexibility index (Phi) is 3.67. The predicted molar refractivity (Wildman–Crippen MR) is 64.6 cm³/mol. The third kappa shape index (κ3) is 2.60. The summed E-state index contributed by atoms with van der Waals surface area (Å²) in [6.45, 7) is 1.83. The molecule has 0 aliphatic heterocycles. The molecule has 0 spiro atoms. The van der Waals surface area contributed by atoms with Gasteiger partial charge in [0.05, 0.1) is 5.92 Å². The molecule has 1 heterocycles. The number of pyridine rings is 1.